The average Bonchev–Trinajstić information content (AvgIpc) is 2.87. The number of nitrogens with zero attached hydrogens (tertiary/aromatic N) is 3. The van der Waals surface area contributed by atoms with Gasteiger partial charge < -0.3 is 25.0 Å². The molecule has 2 aliphatic heterocycles. The van der Waals surface area contributed by atoms with Crippen LogP contribution in [0.3, 0.4) is 0 Å². The van der Waals surface area contributed by atoms with Crippen LogP contribution in [0.1, 0.15) is 47.6 Å². The van der Waals surface area contributed by atoms with Gasteiger partial charge in [-0.2, -0.15) is 0 Å². The summed E-state index contributed by atoms with van der Waals surface area (Å²) in [4.78, 5) is 51.4. The van der Waals surface area contributed by atoms with Crippen LogP contribution in [0.25, 0.3) is 0 Å². The number of allylic oxidation sites excluding steroid dienone is 1. The molecule has 12 nitrogen and oxygen atoms in total. The number of thioether (sulfide) groups is 1. The number of methoxy groups -OCH3 is 2. The third-order valence-electron chi connectivity index (χ3n) is 5.78. The van der Waals surface area contributed by atoms with E-state index in [1.165, 1.54) is 21.2 Å². The highest BCUT2D eigenvalue weighted by atomic mass is 32.2. The molecule has 228 valence electrons. The number of carbonyl (C=O) groups excluding carboxylic acids is 2. The highest BCUT2D eigenvalue weighted by molar-refractivity contribution is 7.98. The van der Waals surface area contributed by atoms with Crippen LogP contribution in [0.4, 0.5) is 4.79 Å². The van der Waals surface area contributed by atoms with Crippen molar-refractivity contribution in [3.05, 3.63) is 75.3 Å². The minimum absolute atomic E-state index is 0.0650. The van der Waals surface area contributed by atoms with Crippen molar-refractivity contribution in [2.24, 2.45) is 5.92 Å². The van der Waals surface area contributed by atoms with Crippen molar-refractivity contribution in [2.45, 2.75) is 58.5 Å². The zero-order valence-corrected chi connectivity index (χ0v) is 26.3. The molecule has 1 aromatic heterocycles. The third kappa shape index (κ3) is 10.4. The van der Waals surface area contributed by atoms with Crippen LogP contribution < -0.4 is 21.9 Å². The SMILES string of the molecule is C=C1NC(=O)C(COC)=CN1C(C)C.C=C1NC(=O)N(COC)C=C1C(C)C.CSc1cn(C(C)C)c(=O)[nH]c1=O. The van der Waals surface area contributed by atoms with Crippen LogP contribution >= 0.6 is 11.8 Å². The molecular weight excluding hydrogens is 548 g/mol. The number of urea groups is 1. The van der Waals surface area contributed by atoms with Gasteiger partial charge in [0.2, 0.25) is 0 Å². The van der Waals surface area contributed by atoms with E-state index in [9.17, 15) is 19.2 Å². The summed E-state index contributed by atoms with van der Waals surface area (Å²) in [5, 5.41) is 5.38. The fourth-order valence-corrected chi connectivity index (χ4v) is 4.06. The average molecular weight is 593 g/mol. The second kappa shape index (κ2) is 16.7. The summed E-state index contributed by atoms with van der Waals surface area (Å²) in [7, 11) is 3.12. The molecule has 2 aliphatic rings. The van der Waals surface area contributed by atoms with Gasteiger partial charge in [-0.05, 0) is 45.4 Å². The molecule has 0 fully saturated rings. The van der Waals surface area contributed by atoms with E-state index in [0.29, 0.717) is 34.5 Å². The van der Waals surface area contributed by atoms with Crippen molar-refractivity contribution in [1.82, 2.24) is 30.0 Å². The number of nitrogens with one attached hydrogen (secondary N) is 3. The highest BCUT2D eigenvalue weighted by Crippen LogP contribution is 2.21. The molecule has 0 aliphatic carbocycles. The molecule has 0 saturated carbocycles. The molecule has 1 aromatic rings. The quantitative estimate of drug-likeness (QED) is 0.391. The highest BCUT2D eigenvalue weighted by Gasteiger charge is 2.23. The molecule has 0 bridgehead atoms. The number of hydrogen-bond acceptors (Lipinski definition) is 8. The van der Waals surface area contributed by atoms with Crippen molar-refractivity contribution >= 4 is 23.7 Å². The van der Waals surface area contributed by atoms with Gasteiger partial charge in [0, 0.05) is 50.6 Å². The largest absolute Gasteiger partial charge is 0.380 e. The van der Waals surface area contributed by atoms with E-state index in [0.717, 1.165) is 5.57 Å². The monoisotopic (exact) mass is 592 g/mol. The molecule has 0 aromatic carbocycles. The second-order valence-corrected chi connectivity index (χ2v) is 10.8. The first-order chi connectivity index (χ1) is 19.2. The predicted octanol–water partition coefficient (Wildman–Crippen LogP) is 3.34. The lowest BCUT2D eigenvalue weighted by atomic mass is 10.0. The van der Waals surface area contributed by atoms with Crippen LogP contribution in [0.15, 0.2) is 68.9 Å². The zero-order chi connectivity index (χ0) is 31.4. The maximum absolute atomic E-state index is 11.4. The molecule has 13 heteroatoms. The summed E-state index contributed by atoms with van der Waals surface area (Å²) < 4.78 is 11.3. The Morgan fingerprint density at radius 1 is 0.927 bits per heavy atom. The van der Waals surface area contributed by atoms with Gasteiger partial charge in [-0.3, -0.25) is 24.0 Å². The molecule has 0 atom stereocenters. The van der Waals surface area contributed by atoms with Crippen molar-refractivity contribution in [3.8, 4) is 0 Å². The van der Waals surface area contributed by atoms with E-state index in [4.69, 9.17) is 9.47 Å². The molecule has 0 saturated heterocycles. The fraction of sp³-hybridized carbons (Fsp3) is 0.500. The summed E-state index contributed by atoms with van der Waals surface area (Å²) in [5.41, 5.74) is 1.67. The van der Waals surface area contributed by atoms with Crippen LogP contribution in [0.5, 0.6) is 0 Å². The number of hydrogen-bond donors (Lipinski definition) is 3. The molecule has 3 N–H and O–H groups in total. The summed E-state index contributed by atoms with van der Waals surface area (Å²) in [6.45, 7) is 20.1. The first kappa shape index (κ1) is 35.5. The lowest BCUT2D eigenvalue weighted by molar-refractivity contribution is -0.118. The molecule has 3 heterocycles. The smallest absolute Gasteiger partial charge is 0.328 e. The van der Waals surface area contributed by atoms with E-state index < -0.39 is 0 Å². The first-order valence-electron chi connectivity index (χ1n) is 13.0. The molecule has 0 unspecified atom stereocenters. The van der Waals surface area contributed by atoms with Crippen LogP contribution in [0.2, 0.25) is 0 Å². The van der Waals surface area contributed by atoms with Gasteiger partial charge in [-0.1, -0.05) is 27.0 Å². The van der Waals surface area contributed by atoms with Crippen molar-refractivity contribution < 1.29 is 19.1 Å². The van der Waals surface area contributed by atoms with Gasteiger partial charge in [0.15, 0.2) is 0 Å². The Kier molecular flexibility index (Phi) is 14.4. The normalized spacial score (nSPS) is 15.1. The Balaban J connectivity index is 0.000000308. The van der Waals surface area contributed by atoms with Gasteiger partial charge in [0.25, 0.3) is 11.5 Å². The van der Waals surface area contributed by atoms with Crippen LogP contribution in [-0.4, -0.2) is 71.1 Å². The number of aromatic amines is 1. The maximum atomic E-state index is 11.4. The van der Waals surface area contributed by atoms with Crippen molar-refractivity contribution in [1.29, 1.82) is 0 Å². The molecular formula is C28H44N6O6S. The first-order valence-corrected chi connectivity index (χ1v) is 14.3. The van der Waals surface area contributed by atoms with Crippen molar-refractivity contribution in [2.75, 3.05) is 33.8 Å². The van der Waals surface area contributed by atoms with Crippen LogP contribution in [0, 0.1) is 5.92 Å². The number of ether oxygens (including phenoxy) is 2. The van der Waals surface area contributed by atoms with E-state index >= 15 is 0 Å². The molecule has 0 spiro atoms. The van der Waals surface area contributed by atoms with Gasteiger partial charge in [0.05, 0.1) is 17.1 Å². The van der Waals surface area contributed by atoms with E-state index in [1.807, 2.05) is 32.6 Å². The number of aromatic nitrogens is 2. The van der Waals surface area contributed by atoms with Crippen LogP contribution in [-0.2, 0) is 14.3 Å². The Morgan fingerprint density at radius 2 is 1.56 bits per heavy atom. The summed E-state index contributed by atoms with van der Waals surface area (Å²) in [6.07, 6.45) is 6.97. The van der Waals surface area contributed by atoms with E-state index in [1.54, 1.807) is 39.1 Å². The maximum Gasteiger partial charge on any atom is 0.328 e. The zero-order valence-electron chi connectivity index (χ0n) is 25.5. The fourth-order valence-electron chi connectivity index (χ4n) is 3.61. The van der Waals surface area contributed by atoms with E-state index in [-0.39, 0.29) is 42.0 Å². The van der Waals surface area contributed by atoms with E-state index in [2.05, 4.69) is 42.6 Å². The summed E-state index contributed by atoms with van der Waals surface area (Å²) in [5.74, 6) is 0.820. The number of H-pyrrole nitrogens is 1. The van der Waals surface area contributed by atoms with Crippen molar-refractivity contribution in [3.63, 3.8) is 0 Å². The second-order valence-electron chi connectivity index (χ2n) is 9.98. The topological polar surface area (TPSA) is 138 Å². The van der Waals surface area contributed by atoms with Gasteiger partial charge in [-0.25, -0.2) is 9.59 Å². The summed E-state index contributed by atoms with van der Waals surface area (Å²) >= 11 is 1.33. The Bertz CT molecular complexity index is 1280. The third-order valence-corrected chi connectivity index (χ3v) is 6.51. The lowest BCUT2D eigenvalue weighted by Crippen LogP contribution is -2.41. The van der Waals surface area contributed by atoms with Gasteiger partial charge >= 0.3 is 11.7 Å². The molecule has 3 rings (SSSR count). The molecule has 3 amide bonds. The minimum atomic E-state index is -0.349. The predicted molar refractivity (Wildman–Crippen MR) is 162 cm³/mol. The lowest BCUT2D eigenvalue weighted by Gasteiger charge is -2.31. The Morgan fingerprint density at radius 3 is 2.05 bits per heavy atom. The summed E-state index contributed by atoms with van der Waals surface area (Å²) in [6, 6.07) is 0.145. The Hall–Kier alpha value is -3.55. The Labute approximate surface area is 246 Å². The number of rotatable bonds is 8. The van der Waals surface area contributed by atoms with Gasteiger partial charge in [0.1, 0.15) is 12.6 Å². The standard InChI is InChI=1S/2C10H16N2O2.C8H12N2O2S/c1-7(2)9-5-12(6-14-4)10(13)11-8(9)3;1-7(2)12-5-9(6-14-4)10(13)11-8(12)3;1-5(2)10-4-6(13-3)7(11)9-8(10)12/h2*5,7H,3,6H2,1-2,4H3,(H,11,13);4-5H,1-3H3,(H,9,11,12). The molecule has 41 heavy (non-hydrogen) atoms. The van der Waals surface area contributed by atoms with Gasteiger partial charge in [-0.15, -0.1) is 11.8 Å². The number of carbonyl (C=O) groups is 2. The minimum Gasteiger partial charge on any atom is -0.380 e. The number of amides is 3. The molecule has 0 radical (unpaired) electrons.